The molecule has 0 bridgehead atoms. The van der Waals surface area contributed by atoms with Crippen molar-refractivity contribution in [1.29, 1.82) is 0 Å². The van der Waals surface area contributed by atoms with E-state index in [2.05, 4.69) is 39.6 Å². The maximum Gasteiger partial charge on any atom is 0.220 e. The number of amides is 1. The summed E-state index contributed by atoms with van der Waals surface area (Å²) in [5.41, 5.74) is 0. The second-order valence-electron chi connectivity index (χ2n) is 3.83. The normalized spacial score (nSPS) is 9.89. The molecule has 0 unspecified atom stereocenters. The molecule has 0 aliphatic rings. The Balaban J connectivity index is 0.00000289. The van der Waals surface area contributed by atoms with Crippen molar-refractivity contribution >= 4 is 45.6 Å². The second-order valence-corrected chi connectivity index (χ2v) is 5.74. The summed E-state index contributed by atoms with van der Waals surface area (Å²) in [5, 5.41) is 8.20. The summed E-state index contributed by atoms with van der Waals surface area (Å²) in [4.78, 5) is 12.8. The zero-order valence-electron chi connectivity index (χ0n) is 10.5. The average Bonchev–Trinajstić information content (AvgIpc) is 2.72. The number of halogens is 2. The minimum Gasteiger partial charge on any atom is -0.355 e. The lowest BCUT2D eigenvalue weighted by Crippen LogP contribution is -2.32. The molecule has 18 heavy (non-hydrogen) atoms. The molecule has 0 fully saturated rings. The standard InChI is InChI=1S/C12H19BrN2OS.ClH/c1-2-5-14-6-7-15-12(16)4-3-11-8-10(13)9-17-11;/h8-9,14H,2-7H2,1H3,(H,15,16);1H. The molecule has 0 saturated heterocycles. The second kappa shape index (κ2) is 10.8. The summed E-state index contributed by atoms with van der Waals surface area (Å²) in [6, 6.07) is 2.07. The van der Waals surface area contributed by atoms with Gasteiger partial charge in [-0.2, -0.15) is 0 Å². The number of hydrogen-bond acceptors (Lipinski definition) is 3. The van der Waals surface area contributed by atoms with E-state index in [1.807, 2.05) is 5.38 Å². The highest BCUT2D eigenvalue weighted by Crippen LogP contribution is 2.20. The third-order valence-corrected chi connectivity index (χ3v) is 4.03. The molecule has 0 atom stereocenters. The fourth-order valence-electron chi connectivity index (χ4n) is 1.40. The van der Waals surface area contributed by atoms with Crippen molar-refractivity contribution in [1.82, 2.24) is 10.6 Å². The molecule has 3 nitrogen and oxygen atoms in total. The van der Waals surface area contributed by atoms with Gasteiger partial charge in [0.1, 0.15) is 0 Å². The first-order valence-electron chi connectivity index (χ1n) is 5.92. The van der Waals surface area contributed by atoms with Gasteiger partial charge in [0.2, 0.25) is 5.91 Å². The zero-order valence-corrected chi connectivity index (χ0v) is 13.7. The molecule has 0 saturated carbocycles. The Bertz CT molecular complexity index is 347. The topological polar surface area (TPSA) is 41.1 Å². The molecule has 104 valence electrons. The van der Waals surface area contributed by atoms with Gasteiger partial charge in [0, 0.05) is 34.2 Å². The van der Waals surface area contributed by atoms with Gasteiger partial charge in [0.25, 0.3) is 0 Å². The van der Waals surface area contributed by atoms with Crippen LogP contribution in [0, 0.1) is 0 Å². The molecule has 2 N–H and O–H groups in total. The lowest BCUT2D eigenvalue weighted by molar-refractivity contribution is -0.121. The van der Waals surface area contributed by atoms with Crippen LogP contribution < -0.4 is 10.6 Å². The molecule has 6 heteroatoms. The van der Waals surface area contributed by atoms with E-state index < -0.39 is 0 Å². The van der Waals surface area contributed by atoms with E-state index in [1.54, 1.807) is 11.3 Å². The van der Waals surface area contributed by atoms with Gasteiger partial charge in [-0.1, -0.05) is 6.92 Å². The average molecular weight is 356 g/mol. The monoisotopic (exact) mass is 354 g/mol. The van der Waals surface area contributed by atoms with Gasteiger partial charge in [-0.25, -0.2) is 0 Å². The lowest BCUT2D eigenvalue weighted by atomic mass is 10.2. The van der Waals surface area contributed by atoms with Crippen LogP contribution in [-0.2, 0) is 11.2 Å². The number of aryl methyl sites for hydroxylation is 1. The smallest absolute Gasteiger partial charge is 0.220 e. The van der Waals surface area contributed by atoms with Crippen LogP contribution in [0.2, 0.25) is 0 Å². The van der Waals surface area contributed by atoms with Gasteiger partial charge in [-0.3, -0.25) is 4.79 Å². The van der Waals surface area contributed by atoms with Crippen LogP contribution in [0.4, 0.5) is 0 Å². The summed E-state index contributed by atoms with van der Waals surface area (Å²) in [6.07, 6.45) is 2.52. The SMILES string of the molecule is CCCNCCNC(=O)CCc1cc(Br)cs1.Cl. The molecule has 0 radical (unpaired) electrons. The Labute approximate surface area is 127 Å². The predicted octanol–water partition coefficient (Wildman–Crippen LogP) is 2.98. The fraction of sp³-hybridized carbons (Fsp3) is 0.583. The first-order chi connectivity index (χ1) is 8.22. The summed E-state index contributed by atoms with van der Waals surface area (Å²) in [6.45, 7) is 4.71. The Hall–Kier alpha value is -0.100. The maximum absolute atomic E-state index is 11.5. The van der Waals surface area contributed by atoms with E-state index in [4.69, 9.17) is 0 Å². The van der Waals surface area contributed by atoms with E-state index in [0.717, 1.165) is 30.4 Å². The Morgan fingerprint density at radius 3 is 2.78 bits per heavy atom. The first-order valence-corrected chi connectivity index (χ1v) is 7.60. The quantitative estimate of drug-likeness (QED) is 0.704. The Morgan fingerprint density at radius 2 is 2.17 bits per heavy atom. The van der Waals surface area contributed by atoms with Crippen molar-refractivity contribution < 1.29 is 4.79 Å². The largest absolute Gasteiger partial charge is 0.355 e. The van der Waals surface area contributed by atoms with Crippen LogP contribution in [0.25, 0.3) is 0 Å². The highest BCUT2D eigenvalue weighted by molar-refractivity contribution is 9.10. The first kappa shape index (κ1) is 17.9. The molecule has 0 aromatic carbocycles. The highest BCUT2D eigenvalue weighted by Gasteiger charge is 2.03. The van der Waals surface area contributed by atoms with Gasteiger partial charge in [0.05, 0.1) is 0 Å². The molecular weight excluding hydrogens is 336 g/mol. The fourth-order valence-corrected chi connectivity index (χ4v) is 2.86. The third kappa shape index (κ3) is 8.08. The predicted molar refractivity (Wildman–Crippen MR) is 83.8 cm³/mol. The highest BCUT2D eigenvalue weighted by atomic mass is 79.9. The van der Waals surface area contributed by atoms with E-state index >= 15 is 0 Å². The van der Waals surface area contributed by atoms with Crippen LogP contribution in [0.5, 0.6) is 0 Å². The van der Waals surface area contributed by atoms with E-state index in [1.165, 1.54) is 4.88 Å². The van der Waals surface area contributed by atoms with Crippen LogP contribution in [-0.4, -0.2) is 25.5 Å². The van der Waals surface area contributed by atoms with E-state index in [-0.39, 0.29) is 18.3 Å². The minimum atomic E-state index is 0. The molecule has 0 spiro atoms. The van der Waals surface area contributed by atoms with Gasteiger partial charge in [-0.15, -0.1) is 23.7 Å². The molecule has 1 heterocycles. The molecule has 0 aliphatic carbocycles. The maximum atomic E-state index is 11.5. The number of rotatable bonds is 8. The van der Waals surface area contributed by atoms with Crippen LogP contribution in [0.15, 0.2) is 15.9 Å². The van der Waals surface area contributed by atoms with Gasteiger partial charge >= 0.3 is 0 Å². The Kier molecular flexibility index (Phi) is 10.7. The third-order valence-electron chi connectivity index (χ3n) is 2.27. The molecule has 1 aromatic rings. The van der Waals surface area contributed by atoms with Crippen LogP contribution >= 0.6 is 39.7 Å². The van der Waals surface area contributed by atoms with Crippen molar-refractivity contribution in [3.05, 3.63) is 20.8 Å². The number of hydrogen-bond donors (Lipinski definition) is 2. The summed E-state index contributed by atoms with van der Waals surface area (Å²) in [7, 11) is 0. The number of carbonyl (C=O) groups is 1. The number of nitrogens with one attached hydrogen (secondary N) is 2. The van der Waals surface area contributed by atoms with Crippen LogP contribution in [0.1, 0.15) is 24.6 Å². The van der Waals surface area contributed by atoms with Crippen molar-refractivity contribution in [2.24, 2.45) is 0 Å². The van der Waals surface area contributed by atoms with Gasteiger partial charge in [-0.05, 0) is 41.4 Å². The summed E-state index contributed by atoms with van der Waals surface area (Å²) < 4.78 is 1.10. The molecule has 1 rings (SSSR count). The van der Waals surface area contributed by atoms with Crippen molar-refractivity contribution in [2.45, 2.75) is 26.2 Å². The molecular formula is C12H20BrClN2OS. The lowest BCUT2D eigenvalue weighted by Gasteiger charge is -2.05. The summed E-state index contributed by atoms with van der Waals surface area (Å²) >= 11 is 5.09. The number of thiophene rings is 1. The van der Waals surface area contributed by atoms with Gasteiger partial charge < -0.3 is 10.6 Å². The summed E-state index contributed by atoms with van der Waals surface area (Å²) in [5.74, 6) is 0.132. The van der Waals surface area contributed by atoms with Crippen molar-refractivity contribution in [3.63, 3.8) is 0 Å². The van der Waals surface area contributed by atoms with Crippen molar-refractivity contribution in [3.8, 4) is 0 Å². The van der Waals surface area contributed by atoms with Gasteiger partial charge in [0.15, 0.2) is 0 Å². The zero-order chi connectivity index (χ0) is 12.5. The number of carbonyl (C=O) groups excluding carboxylic acids is 1. The molecule has 0 aliphatic heterocycles. The minimum absolute atomic E-state index is 0. The molecule has 1 aromatic heterocycles. The van der Waals surface area contributed by atoms with Crippen molar-refractivity contribution in [2.75, 3.05) is 19.6 Å². The van der Waals surface area contributed by atoms with E-state index in [9.17, 15) is 4.79 Å². The Morgan fingerprint density at radius 1 is 1.39 bits per heavy atom. The van der Waals surface area contributed by atoms with Crippen LogP contribution in [0.3, 0.4) is 0 Å². The molecule has 1 amide bonds. The van der Waals surface area contributed by atoms with E-state index in [0.29, 0.717) is 13.0 Å².